The average molecular weight is 180 g/mol. The molecule has 0 saturated carbocycles. The van der Waals surface area contributed by atoms with Crippen molar-refractivity contribution in [1.29, 1.82) is 0 Å². The molecule has 0 aliphatic rings. The van der Waals surface area contributed by atoms with E-state index in [4.69, 9.17) is 11.6 Å². The van der Waals surface area contributed by atoms with Gasteiger partial charge in [0.05, 0.1) is 6.20 Å². The molecule has 2 nitrogen and oxygen atoms in total. The normalized spacial score (nSPS) is 10.4. The van der Waals surface area contributed by atoms with Crippen LogP contribution >= 0.6 is 11.6 Å². The van der Waals surface area contributed by atoms with Crippen molar-refractivity contribution in [2.75, 3.05) is 0 Å². The number of benzene rings is 1. The SMILES string of the molecule is Oc1cncc2cc(Cl)ccc12. The number of rotatable bonds is 0. The zero-order valence-corrected chi connectivity index (χ0v) is 6.92. The fourth-order valence-electron chi connectivity index (χ4n) is 1.13. The molecule has 0 aliphatic carbocycles. The third-order valence-electron chi connectivity index (χ3n) is 1.70. The van der Waals surface area contributed by atoms with E-state index in [0.717, 1.165) is 10.8 Å². The van der Waals surface area contributed by atoms with Gasteiger partial charge in [0.15, 0.2) is 0 Å². The summed E-state index contributed by atoms with van der Waals surface area (Å²) in [6.45, 7) is 0. The molecule has 0 unspecified atom stereocenters. The lowest BCUT2D eigenvalue weighted by Crippen LogP contribution is -1.76. The lowest BCUT2D eigenvalue weighted by Gasteiger charge is -1.98. The summed E-state index contributed by atoms with van der Waals surface area (Å²) in [6, 6.07) is 5.28. The molecule has 0 aliphatic heterocycles. The van der Waals surface area contributed by atoms with Gasteiger partial charge in [-0.3, -0.25) is 4.98 Å². The van der Waals surface area contributed by atoms with Crippen molar-refractivity contribution in [3.05, 3.63) is 35.6 Å². The predicted octanol–water partition coefficient (Wildman–Crippen LogP) is 2.59. The van der Waals surface area contributed by atoms with Crippen molar-refractivity contribution >= 4 is 22.4 Å². The number of pyridine rings is 1. The van der Waals surface area contributed by atoms with Gasteiger partial charge >= 0.3 is 0 Å². The lowest BCUT2D eigenvalue weighted by molar-refractivity contribution is 0.479. The second-order valence-corrected chi connectivity index (χ2v) is 2.96. The van der Waals surface area contributed by atoms with Crippen LogP contribution in [0.15, 0.2) is 30.6 Å². The number of aromatic hydroxyl groups is 1. The second-order valence-electron chi connectivity index (χ2n) is 2.52. The Kier molecular flexibility index (Phi) is 1.62. The minimum atomic E-state index is 0.184. The summed E-state index contributed by atoms with van der Waals surface area (Å²) in [5, 5.41) is 11.6. The van der Waals surface area contributed by atoms with Crippen LogP contribution in [0.3, 0.4) is 0 Å². The Labute approximate surface area is 74.4 Å². The number of fused-ring (bicyclic) bond motifs is 1. The highest BCUT2D eigenvalue weighted by Crippen LogP contribution is 2.25. The van der Waals surface area contributed by atoms with Crippen LogP contribution in [0.2, 0.25) is 5.02 Å². The van der Waals surface area contributed by atoms with E-state index in [-0.39, 0.29) is 5.75 Å². The van der Waals surface area contributed by atoms with Gasteiger partial charge in [-0.25, -0.2) is 0 Å². The van der Waals surface area contributed by atoms with Crippen LogP contribution in [0.5, 0.6) is 5.75 Å². The quantitative estimate of drug-likeness (QED) is 0.675. The maximum atomic E-state index is 9.36. The van der Waals surface area contributed by atoms with Crippen molar-refractivity contribution in [3.63, 3.8) is 0 Å². The van der Waals surface area contributed by atoms with Crippen molar-refractivity contribution in [2.45, 2.75) is 0 Å². The first-order valence-electron chi connectivity index (χ1n) is 3.49. The van der Waals surface area contributed by atoms with Gasteiger partial charge in [-0.1, -0.05) is 11.6 Å². The first-order chi connectivity index (χ1) is 5.77. The number of nitrogens with zero attached hydrogens (tertiary/aromatic N) is 1. The molecular weight excluding hydrogens is 174 g/mol. The molecule has 0 saturated heterocycles. The standard InChI is InChI=1S/C9H6ClNO/c10-7-1-2-8-6(3-7)4-11-5-9(8)12/h1-5,12H. The first kappa shape index (κ1) is 7.37. The Morgan fingerprint density at radius 3 is 2.92 bits per heavy atom. The van der Waals surface area contributed by atoms with Gasteiger partial charge in [0, 0.05) is 22.0 Å². The molecule has 3 heteroatoms. The third kappa shape index (κ3) is 1.10. The molecule has 0 spiro atoms. The maximum Gasteiger partial charge on any atom is 0.141 e. The van der Waals surface area contributed by atoms with E-state index in [9.17, 15) is 5.11 Å². The van der Waals surface area contributed by atoms with E-state index >= 15 is 0 Å². The molecule has 60 valence electrons. The van der Waals surface area contributed by atoms with Crippen LogP contribution in [0, 0.1) is 0 Å². The topological polar surface area (TPSA) is 33.1 Å². The number of hydrogen-bond acceptors (Lipinski definition) is 2. The van der Waals surface area contributed by atoms with E-state index in [1.807, 2.05) is 0 Å². The van der Waals surface area contributed by atoms with Crippen LogP contribution < -0.4 is 0 Å². The van der Waals surface area contributed by atoms with Crippen molar-refractivity contribution in [3.8, 4) is 5.75 Å². The number of aromatic nitrogens is 1. The monoisotopic (exact) mass is 179 g/mol. The van der Waals surface area contributed by atoms with Crippen LogP contribution in [0.1, 0.15) is 0 Å². The largest absolute Gasteiger partial charge is 0.506 e. The minimum absolute atomic E-state index is 0.184. The molecule has 0 radical (unpaired) electrons. The molecular formula is C9H6ClNO. The Morgan fingerprint density at radius 2 is 2.08 bits per heavy atom. The molecule has 12 heavy (non-hydrogen) atoms. The van der Waals surface area contributed by atoms with Crippen LogP contribution in [0.25, 0.3) is 10.8 Å². The molecule has 1 aromatic heterocycles. The van der Waals surface area contributed by atoms with E-state index in [1.165, 1.54) is 6.20 Å². The summed E-state index contributed by atoms with van der Waals surface area (Å²) in [6.07, 6.45) is 3.08. The van der Waals surface area contributed by atoms with E-state index in [0.29, 0.717) is 5.02 Å². The lowest BCUT2D eigenvalue weighted by atomic mass is 10.2. The van der Waals surface area contributed by atoms with Crippen LogP contribution in [-0.2, 0) is 0 Å². The molecule has 0 bridgehead atoms. The van der Waals surface area contributed by atoms with Gasteiger partial charge in [0.2, 0.25) is 0 Å². The van der Waals surface area contributed by atoms with Gasteiger partial charge in [-0.15, -0.1) is 0 Å². The molecule has 2 rings (SSSR count). The molecule has 1 heterocycles. The maximum absolute atomic E-state index is 9.36. The van der Waals surface area contributed by atoms with Crippen molar-refractivity contribution in [1.82, 2.24) is 4.98 Å². The van der Waals surface area contributed by atoms with E-state index < -0.39 is 0 Å². The van der Waals surface area contributed by atoms with Gasteiger partial charge < -0.3 is 5.11 Å². The molecule has 1 aromatic carbocycles. The zero-order valence-electron chi connectivity index (χ0n) is 6.16. The highest BCUT2D eigenvalue weighted by molar-refractivity contribution is 6.31. The van der Waals surface area contributed by atoms with Crippen molar-refractivity contribution in [2.24, 2.45) is 0 Å². The molecule has 0 amide bonds. The van der Waals surface area contributed by atoms with E-state index in [1.54, 1.807) is 24.4 Å². The average Bonchev–Trinajstić information content (AvgIpc) is 2.04. The summed E-state index contributed by atoms with van der Waals surface area (Å²) in [4.78, 5) is 3.84. The Hall–Kier alpha value is -1.28. The highest BCUT2D eigenvalue weighted by Gasteiger charge is 1.98. The zero-order chi connectivity index (χ0) is 8.55. The summed E-state index contributed by atoms with van der Waals surface area (Å²) in [5.41, 5.74) is 0. The minimum Gasteiger partial charge on any atom is -0.506 e. The van der Waals surface area contributed by atoms with Gasteiger partial charge in [0.1, 0.15) is 5.75 Å². The molecule has 2 aromatic rings. The molecule has 0 fully saturated rings. The van der Waals surface area contributed by atoms with E-state index in [2.05, 4.69) is 4.98 Å². The highest BCUT2D eigenvalue weighted by atomic mass is 35.5. The van der Waals surface area contributed by atoms with Crippen LogP contribution in [-0.4, -0.2) is 10.1 Å². The number of hydrogen-bond donors (Lipinski definition) is 1. The summed E-state index contributed by atoms with van der Waals surface area (Å²) < 4.78 is 0. The Balaban J connectivity index is 2.86. The Bertz CT molecular complexity index is 428. The summed E-state index contributed by atoms with van der Waals surface area (Å²) in [5.74, 6) is 0.184. The smallest absolute Gasteiger partial charge is 0.141 e. The van der Waals surface area contributed by atoms with Crippen molar-refractivity contribution < 1.29 is 5.11 Å². The van der Waals surface area contributed by atoms with Gasteiger partial charge in [-0.05, 0) is 18.2 Å². The third-order valence-corrected chi connectivity index (χ3v) is 1.94. The van der Waals surface area contributed by atoms with Gasteiger partial charge in [0.25, 0.3) is 0 Å². The molecule has 0 atom stereocenters. The first-order valence-corrected chi connectivity index (χ1v) is 3.87. The second kappa shape index (κ2) is 2.64. The van der Waals surface area contributed by atoms with Crippen LogP contribution in [0.4, 0.5) is 0 Å². The Morgan fingerprint density at radius 1 is 1.25 bits per heavy atom. The number of halogens is 1. The molecule has 1 N–H and O–H groups in total. The predicted molar refractivity (Wildman–Crippen MR) is 48.4 cm³/mol. The van der Waals surface area contributed by atoms with Gasteiger partial charge in [-0.2, -0.15) is 0 Å². The fourth-order valence-corrected chi connectivity index (χ4v) is 1.31. The summed E-state index contributed by atoms with van der Waals surface area (Å²) >= 11 is 5.76. The fraction of sp³-hybridized carbons (Fsp3) is 0. The summed E-state index contributed by atoms with van der Waals surface area (Å²) in [7, 11) is 0.